The number of carbonyl (C=O) groups is 2. The van der Waals surface area contributed by atoms with Gasteiger partial charge in [0.1, 0.15) is 0 Å². The summed E-state index contributed by atoms with van der Waals surface area (Å²) in [7, 11) is 1.32. The Kier molecular flexibility index (Phi) is 6.74. The maximum Gasteiger partial charge on any atom is 0.337 e. The van der Waals surface area contributed by atoms with Gasteiger partial charge in [-0.2, -0.15) is 0 Å². The van der Waals surface area contributed by atoms with Crippen LogP contribution in [0.5, 0.6) is 0 Å². The minimum atomic E-state index is -0.438. The first kappa shape index (κ1) is 22.5. The SMILES string of the molecule is CCCCn1c(=O)c2ccccc2n2c(SCC(=O)Nc3ccc(C(=O)OC)cc3)nnc12. The van der Waals surface area contributed by atoms with E-state index in [-0.39, 0.29) is 17.2 Å². The molecule has 1 amide bonds. The maximum atomic E-state index is 13.0. The summed E-state index contributed by atoms with van der Waals surface area (Å²) in [5.41, 5.74) is 1.58. The van der Waals surface area contributed by atoms with Gasteiger partial charge in [0, 0.05) is 12.2 Å². The van der Waals surface area contributed by atoms with E-state index in [1.54, 1.807) is 34.9 Å². The van der Waals surface area contributed by atoms with Gasteiger partial charge in [0.2, 0.25) is 11.7 Å². The summed E-state index contributed by atoms with van der Waals surface area (Å²) in [6.45, 7) is 2.62. The maximum absolute atomic E-state index is 13.0. The van der Waals surface area contributed by atoms with Gasteiger partial charge in [-0.25, -0.2) is 4.79 Å². The molecule has 10 heteroatoms. The number of anilines is 1. The Bertz CT molecular complexity index is 1380. The van der Waals surface area contributed by atoms with Crippen LogP contribution in [0.2, 0.25) is 0 Å². The zero-order valence-corrected chi connectivity index (χ0v) is 19.1. The van der Waals surface area contributed by atoms with E-state index in [9.17, 15) is 14.4 Å². The van der Waals surface area contributed by atoms with Crippen molar-refractivity contribution in [3.05, 3.63) is 64.4 Å². The smallest absolute Gasteiger partial charge is 0.337 e. The van der Waals surface area contributed by atoms with Crippen LogP contribution in [-0.2, 0) is 16.1 Å². The standard InChI is InChI=1S/C23H23N5O4S/c1-3-4-13-27-20(30)17-7-5-6-8-18(17)28-22(27)25-26-23(28)33-14-19(29)24-16-11-9-15(10-12-16)21(31)32-2/h5-12H,3-4,13-14H2,1-2H3,(H,24,29). The highest BCUT2D eigenvalue weighted by Gasteiger charge is 2.17. The number of hydrogen-bond acceptors (Lipinski definition) is 7. The summed E-state index contributed by atoms with van der Waals surface area (Å²) < 4.78 is 8.15. The third kappa shape index (κ3) is 4.61. The number of methoxy groups -OCH3 is 1. The van der Waals surface area contributed by atoms with E-state index < -0.39 is 5.97 Å². The number of thioether (sulfide) groups is 1. The highest BCUT2D eigenvalue weighted by Crippen LogP contribution is 2.22. The molecule has 0 saturated heterocycles. The number of amides is 1. The van der Waals surface area contributed by atoms with Crippen molar-refractivity contribution in [2.75, 3.05) is 18.2 Å². The molecule has 0 radical (unpaired) electrons. The third-order valence-corrected chi connectivity index (χ3v) is 6.06. The molecular formula is C23H23N5O4S. The van der Waals surface area contributed by atoms with Gasteiger partial charge >= 0.3 is 5.97 Å². The van der Waals surface area contributed by atoms with E-state index >= 15 is 0 Å². The molecule has 0 aliphatic heterocycles. The first-order valence-electron chi connectivity index (χ1n) is 10.5. The molecule has 2 aromatic heterocycles. The van der Waals surface area contributed by atoms with Crippen LogP contribution in [0.15, 0.2) is 58.5 Å². The fourth-order valence-electron chi connectivity index (χ4n) is 3.48. The van der Waals surface area contributed by atoms with Gasteiger partial charge in [-0.3, -0.25) is 18.6 Å². The number of para-hydroxylation sites is 1. The molecule has 4 aromatic rings. The van der Waals surface area contributed by atoms with Crippen molar-refractivity contribution in [3.63, 3.8) is 0 Å². The van der Waals surface area contributed by atoms with Gasteiger partial charge in [0.15, 0.2) is 5.16 Å². The first-order valence-corrected chi connectivity index (χ1v) is 11.5. The summed E-state index contributed by atoms with van der Waals surface area (Å²) in [6, 6.07) is 13.8. The minimum absolute atomic E-state index is 0.0938. The number of rotatable bonds is 8. The molecule has 2 heterocycles. The van der Waals surface area contributed by atoms with Gasteiger partial charge in [-0.1, -0.05) is 37.2 Å². The fraction of sp³-hybridized carbons (Fsp3) is 0.261. The Morgan fingerprint density at radius 1 is 1.09 bits per heavy atom. The Balaban J connectivity index is 1.57. The molecule has 170 valence electrons. The molecular weight excluding hydrogens is 442 g/mol. The molecule has 0 fully saturated rings. The van der Waals surface area contributed by atoms with E-state index in [0.717, 1.165) is 12.8 Å². The van der Waals surface area contributed by atoms with Crippen LogP contribution in [0, 0.1) is 0 Å². The summed E-state index contributed by atoms with van der Waals surface area (Å²) >= 11 is 1.24. The van der Waals surface area contributed by atoms with E-state index in [1.807, 2.05) is 22.6 Å². The highest BCUT2D eigenvalue weighted by atomic mass is 32.2. The molecule has 4 rings (SSSR count). The average molecular weight is 466 g/mol. The lowest BCUT2D eigenvalue weighted by Crippen LogP contribution is -2.23. The number of carbonyl (C=O) groups excluding carboxylic acids is 2. The molecule has 0 unspecified atom stereocenters. The third-order valence-electron chi connectivity index (χ3n) is 5.14. The average Bonchev–Trinajstić information content (AvgIpc) is 3.26. The number of fused-ring (bicyclic) bond motifs is 3. The summed E-state index contributed by atoms with van der Waals surface area (Å²) in [4.78, 5) is 37.0. The van der Waals surface area contributed by atoms with Crippen molar-refractivity contribution in [1.82, 2.24) is 19.2 Å². The van der Waals surface area contributed by atoms with Gasteiger partial charge in [-0.05, 0) is 42.8 Å². The Morgan fingerprint density at radius 2 is 1.85 bits per heavy atom. The van der Waals surface area contributed by atoms with Crippen molar-refractivity contribution in [3.8, 4) is 0 Å². The molecule has 0 saturated carbocycles. The number of aromatic nitrogens is 4. The van der Waals surface area contributed by atoms with Crippen LogP contribution in [-0.4, -0.2) is 43.9 Å². The number of aryl methyl sites for hydroxylation is 1. The molecule has 0 aliphatic rings. The van der Waals surface area contributed by atoms with Gasteiger partial charge in [-0.15, -0.1) is 10.2 Å². The molecule has 1 N–H and O–H groups in total. The second-order valence-corrected chi connectivity index (χ2v) is 8.29. The second-order valence-electron chi connectivity index (χ2n) is 7.35. The molecule has 33 heavy (non-hydrogen) atoms. The lowest BCUT2D eigenvalue weighted by Gasteiger charge is -2.11. The van der Waals surface area contributed by atoms with Crippen molar-refractivity contribution in [2.24, 2.45) is 0 Å². The first-order chi connectivity index (χ1) is 16.0. The van der Waals surface area contributed by atoms with Crippen LogP contribution >= 0.6 is 11.8 Å². The summed E-state index contributed by atoms with van der Waals surface area (Å²) in [5.74, 6) is -0.103. The molecule has 0 bridgehead atoms. The Morgan fingerprint density at radius 3 is 2.58 bits per heavy atom. The molecule has 0 aliphatic carbocycles. The predicted octanol–water partition coefficient (Wildman–Crippen LogP) is 3.36. The quantitative estimate of drug-likeness (QED) is 0.314. The monoisotopic (exact) mass is 465 g/mol. The lowest BCUT2D eigenvalue weighted by molar-refractivity contribution is -0.113. The van der Waals surface area contributed by atoms with Crippen LogP contribution in [0.1, 0.15) is 30.1 Å². The van der Waals surface area contributed by atoms with Gasteiger partial charge in [0.25, 0.3) is 5.56 Å². The van der Waals surface area contributed by atoms with Gasteiger partial charge < -0.3 is 10.1 Å². The summed E-state index contributed by atoms with van der Waals surface area (Å²) in [5, 5.41) is 12.4. The zero-order valence-electron chi connectivity index (χ0n) is 18.3. The van der Waals surface area contributed by atoms with E-state index in [2.05, 4.69) is 27.2 Å². The number of ether oxygens (including phenoxy) is 1. The number of unbranched alkanes of at least 4 members (excludes halogenated alkanes) is 1. The zero-order chi connectivity index (χ0) is 23.4. The molecule has 9 nitrogen and oxygen atoms in total. The van der Waals surface area contributed by atoms with Crippen LogP contribution < -0.4 is 10.9 Å². The number of esters is 1. The van der Waals surface area contributed by atoms with E-state index in [0.29, 0.717) is 39.6 Å². The Hall–Kier alpha value is -3.66. The van der Waals surface area contributed by atoms with Crippen LogP contribution in [0.4, 0.5) is 5.69 Å². The van der Waals surface area contributed by atoms with Crippen LogP contribution in [0.3, 0.4) is 0 Å². The van der Waals surface area contributed by atoms with E-state index in [1.165, 1.54) is 18.9 Å². The molecule has 2 aromatic carbocycles. The predicted molar refractivity (Wildman–Crippen MR) is 127 cm³/mol. The topological polar surface area (TPSA) is 108 Å². The fourth-order valence-corrected chi connectivity index (χ4v) is 4.22. The second kappa shape index (κ2) is 9.86. The van der Waals surface area contributed by atoms with Gasteiger partial charge in [0.05, 0.1) is 29.3 Å². The number of hydrogen-bond donors (Lipinski definition) is 1. The number of benzene rings is 2. The molecule has 0 spiro atoms. The normalized spacial score (nSPS) is 11.1. The highest BCUT2D eigenvalue weighted by molar-refractivity contribution is 7.99. The molecule has 0 atom stereocenters. The lowest BCUT2D eigenvalue weighted by atomic mass is 10.2. The van der Waals surface area contributed by atoms with Crippen molar-refractivity contribution in [2.45, 2.75) is 31.5 Å². The van der Waals surface area contributed by atoms with Crippen molar-refractivity contribution in [1.29, 1.82) is 0 Å². The largest absolute Gasteiger partial charge is 0.465 e. The minimum Gasteiger partial charge on any atom is -0.465 e. The van der Waals surface area contributed by atoms with Crippen molar-refractivity contribution < 1.29 is 14.3 Å². The summed E-state index contributed by atoms with van der Waals surface area (Å²) in [6.07, 6.45) is 1.79. The van der Waals surface area contributed by atoms with Crippen LogP contribution in [0.25, 0.3) is 16.7 Å². The van der Waals surface area contributed by atoms with Crippen molar-refractivity contribution >= 4 is 46.0 Å². The number of nitrogens with zero attached hydrogens (tertiary/aromatic N) is 4. The number of nitrogens with one attached hydrogen (secondary N) is 1. The Labute approximate surface area is 193 Å². The van der Waals surface area contributed by atoms with E-state index in [4.69, 9.17) is 0 Å².